The molecule has 0 aromatic carbocycles. The SMILES string of the molecule is C=CCO[C@@H]1[C@H]2CC[C@H]1N(Cc1ccc(CC)o1)C2. The predicted octanol–water partition coefficient (Wildman–Crippen LogP) is 3.01. The Morgan fingerprint density at radius 3 is 3.00 bits per heavy atom. The molecule has 104 valence electrons. The third-order valence-corrected chi connectivity index (χ3v) is 4.45. The molecule has 1 aliphatic heterocycles. The smallest absolute Gasteiger partial charge is 0.118 e. The molecule has 0 spiro atoms. The molecule has 2 fully saturated rings. The molecule has 0 amide bonds. The van der Waals surface area contributed by atoms with Crippen molar-refractivity contribution >= 4 is 0 Å². The Morgan fingerprint density at radius 1 is 1.42 bits per heavy atom. The lowest BCUT2D eigenvalue weighted by Crippen LogP contribution is -2.34. The third-order valence-electron chi connectivity index (χ3n) is 4.45. The summed E-state index contributed by atoms with van der Waals surface area (Å²) in [5.74, 6) is 2.87. The van der Waals surface area contributed by atoms with Gasteiger partial charge in [0.25, 0.3) is 0 Å². The fourth-order valence-corrected chi connectivity index (χ4v) is 3.56. The van der Waals surface area contributed by atoms with Gasteiger partial charge < -0.3 is 9.15 Å². The van der Waals surface area contributed by atoms with E-state index in [9.17, 15) is 0 Å². The van der Waals surface area contributed by atoms with Crippen molar-refractivity contribution in [3.63, 3.8) is 0 Å². The maximum Gasteiger partial charge on any atom is 0.118 e. The van der Waals surface area contributed by atoms with Gasteiger partial charge in [-0.25, -0.2) is 0 Å². The Hall–Kier alpha value is -1.06. The number of likely N-dealkylation sites (tertiary alicyclic amines) is 1. The summed E-state index contributed by atoms with van der Waals surface area (Å²) in [6.45, 7) is 8.61. The van der Waals surface area contributed by atoms with E-state index in [4.69, 9.17) is 9.15 Å². The summed E-state index contributed by atoms with van der Waals surface area (Å²) in [5, 5.41) is 0. The summed E-state index contributed by atoms with van der Waals surface area (Å²) in [6, 6.07) is 4.78. The van der Waals surface area contributed by atoms with E-state index in [1.165, 1.54) is 12.8 Å². The van der Waals surface area contributed by atoms with E-state index in [2.05, 4.69) is 30.5 Å². The van der Waals surface area contributed by atoms with Crippen LogP contribution in [0.1, 0.15) is 31.3 Å². The first-order chi connectivity index (χ1) is 9.31. The lowest BCUT2D eigenvalue weighted by molar-refractivity contribution is 0.0437. The van der Waals surface area contributed by atoms with Crippen LogP contribution in [0.15, 0.2) is 29.2 Å². The van der Waals surface area contributed by atoms with Gasteiger partial charge in [-0.05, 0) is 30.9 Å². The second-order valence-electron chi connectivity index (χ2n) is 5.64. The summed E-state index contributed by atoms with van der Waals surface area (Å²) in [7, 11) is 0. The molecule has 1 saturated heterocycles. The third kappa shape index (κ3) is 2.49. The van der Waals surface area contributed by atoms with Gasteiger partial charge in [0.1, 0.15) is 11.5 Å². The van der Waals surface area contributed by atoms with Gasteiger partial charge >= 0.3 is 0 Å². The molecule has 0 radical (unpaired) electrons. The highest BCUT2D eigenvalue weighted by atomic mass is 16.5. The van der Waals surface area contributed by atoms with E-state index in [1.807, 2.05) is 6.08 Å². The van der Waals surface area contributed by atoms with Crippen LogP contribution in [0.5, 0.6) is 0 Å². The number of piperidine rings is 1. The Morgan fingerprint density at radius 2 is 2.26 bits per heavy atom. The summed E-state index contributed by atoms with van der Waals surface area (Å²) in [5.41, 5.74) is 0. The largest absolute Gasteiger partial charge is 0.465 e. The molecule has 1 saturated carbocycles. The van der Waals surface area contributed by atoms with Crippen LogP contribution < -0.4 is 0 Å². The zero-order valence-electron chi connectivity index (χ0n) is 11.7. The monoisotopic (exact) mass is 261 g/mol. The summed E-state index contributed by atoms with van der Waals surface area (Å²) in [6.07, 6.45) is 5.78. The average molecular weight is 261 g/mol. The lowest BCUT2D eigenvalue weighted by Gasteiger charge is -2.26. The molecule has 3 nitrogen and oxygen atoms in total. The fourth-order valence-electron chi connectivity index (χ4n) is 3.56. The first-order valence-corrected chi connectivity index (χ1v) is 7.36. The van der Waals surface area contributed by atoms with Gasteiger partial charge in [0.15, 0.2) is 0 Å². The van der Waals surface area contributed by atoms with Gasteiger partial charge in [-0.15, -0.1) is 6.58 Å². The van der Waals surface area contributed by atoms with Crippen molar-refractivity contribution in [2.75, 3.05) is 13.2 Å². The standard InChI is InChI=1S/C16H23NO2/c1-3-9-18-16-12-5-8-15(16)17(10-12)11-14-7-6-13(4-2)19-14/h3,6-7,12,15-16H,1,4-5,8-11H2,2H3/t12-,15+,16+/m0/s1. The van der Waals surface area contributed by atoms with Crippen molar-refractivity contribution in [1.29, 1.82) is 0 Å². The van der Waals surface area contributed by atoms with Crippen LogP contribution in [0.3, 0.4) is 0 Å². The van der Waals surface area contributed by atoms with E-state index >= 15 is 0 Å². The fraction of sp³-hybridized carbons (Fsp3) is 0.625. The number of fused-ring (bicyclic) bond motifs is 2. The maximum absolute atomic E-state index is 5.94. The molecule has 3 atom stereocenters. The van der Waals surface area contributed by atoms with E-state index in [1.54, 1.807) is 0 Å². The van der Waals surface area contributed by atoms with Gasteiger partial charge in [0, 0.05) is 19.0 Å². The second-order valence-corrected chi connectivity index (χ2v) is 5.64. The molecule has 1 aromatic heterocycles. The zero-order chi connectivity index (χ0) is 13.2. The quantitative estimate of drug-likeness (QED) is 0.736. The predicted molar refractivity (Wildman–Crippen MR) is 74.9 cm³/mol. The highest BCUT2D eigenvalue weighted by Crippen LogP contribution is 2.40. The topological polar surface area (TPSA) is 25.6 Å². The summed E-state index contributed by atoms with van der Waals surface area (Å²) < 4.78 is 11.8. The minimum absolute atomic E-state index is 0.401. The lowest BCUT2D eigenvalue weighted by atomic mass is 10.1. The summed E-state index contributed by atoms with van der Waals surface area (Å²) >= 11 is 0. The van der Waals surface area contributed by atoms with E-state index < -0.39 is 0 Å². The van der Waals surface area contributed by atoms with E-state index in [0.29, 0.717) is 24.7 Å². The molecule has 2 aliphatic rings. The van der Waals surface area contributed by atoms with Gasteiger partial charge in [0.05, 0.1) is 19.3 Å². The molecular formula is C16H23NO2. The molecule has 2 bridgehead atoms. The number of rotatable bonds is 6. The second kappa shape index (κ2) is 5.51. The van der Waals surface area contributed by atoms with Crippen LogP contribution in [0.4, 0.5) is 0 Å². The van der Waals surface area contributed by atoms with Gasteiger partial charge in [0.2, 0.25) is 0 Å². The normalized spacial score (nSPS) is 30.1. The van der Waals surface area contributed by atoms with Gasteiger partial charge in [-0.1, -0.05) is 13.0 Å². The van der Waals surface area contributed by atoms with Crippen molar-refractivity contribution in [3.8, 4) is 0 Å². The maximum atomic E-state index is 5.94. The Bertz CT molecular complexity index is 440. The molecule has 2 heterocycles. The Balaban J connectivity index is 1.62. The molecule has 1 aliphatic carbocycles. The van der Waals surface area contributed by atoms with Crippen LogP contribution in [-0.4, -0.2) is 30.2 Å². The highest BCUT2D eigenvalue weighted by molar-refractivity contribution is 5.09. The minimum Gasteiger partial charge on any atom is -0.465 e. The number of aryl methyl sites for hydroxylation is 1. The number of furan rings is 1. The first-order valence-electron chi connectivity index (χ1n) is 7.36. The number of hydrogen-bond donors (Lipinski definition) is 0. The molecule has 1 aromatic rings. The Labute approximate surface area is 115 Å². The molecule has 0 N–H and O–H groups in total. The molecular weight excluding hydrogens is 238 g/mol. The highest BCUT2D eigenvalue weighted by Gasteiger charge is 2.47. The number of nitrogens with zero attached hydrogens (tertiary/aromatic N) is 1. The van der Waals surface area contributed by atoms with Crippen LogP contribution in [0.2, 0.25) is 0 Å². The van der Waals surface area contributed by atoms with Gasteiger partial charge in [-0.3, -0.25) is 4.90 Å². The van der Waals surface area contributed by atoms with Crippen LogP contribution in [0, 0.1) is 5.92 Å². The van der Waals surface area contributed by atoms with Crippen molar-refractivity contribution in [2.24, 2.45) is 5.92 Å². The molecule has 3 rings (SSSR count). The summed E-state index contributed by atoms with van der Waals surface area (Å²) in [4.78, 5) is 2.53. The number of ether oxygens (including phenoxy) is 1. The van der Waals surface area contributed by atoms with Crippen LogP contribution >= 0.6 is 0 Å². The first kappa shape index (κ1) is 12.9. The number of hydrogen-bond acceptors (Lipinski definition) is 3. The average Bonchev–Trinajstić information content (AvgIpc) is 3.10. The van der Waals surface area contributed by atoms with E-state index in [-0.39, 0.29) is 0 Å². The minimum atomic E-state index is 0.401. The van der Waals surface area contributed by atoms with Gasteiger partial charge in [-0.2, -0.15) is 0 Å². The van der Waals surface area contributed by atoms with Crippen molar-refractivity contribution < 1.29 is 9.15 Å². The zero-order valence-corrected chi connectivity index (χ0v) is 11.7. The Kier molecular flexibility index (Phi) is 3.76. The molecule has 0 unspecified atom stereocenters. The van der Waals surface area contributed by atoms with Crippen molar-refractivity contribution in [1.82, 2.24) is 4.90 Å². The van der Waals surface area contributed by atoms with Crippen LogP contribution in [0.25, 0.3) is 0 Å². The molecule has 3 heteroatoms. The van der Waals surface area contributed by atoms with E-state index in [0.717, 1.165) is 31.0 Å². The van der Waals surface area contributed by atoms with Crippen molar-refractivity contribution in [2.45, 2.75) is 44.9 Å². The molecule has 19 heavy (non-hydrogen) atoms. The van der Waals surface area contributed by atoms with Crippen molar-refractivity contribution in [3.05, 3.63) is 36.3 Å². The van der Waals surface area contributed by atoms with Crippen LogP contribution in [-0.2, 0) is 17.7 Å².